The summed E-state index contributed by atoms with van der Waals surface area (Å²) in [5.74, 6) is 2.82. The highest BCUT2D eigenvalue weighted by Gasteiger charge is 2.10. The van der Waals surface area contributed by atoms with E-state index in [9.17, 15) is 4.79 Å². The van der Waals surface area contributed by atoms with Crippen molar-refractivity contribution in [2.24, 2.45) is 0 Å². The molecule has 0 bridgehead atoms. The number of hydrogen-bond acceptors (Lipinski definition) is 7. The second kappa shape index (κ2) is 9.84. The van der Waals surface area contributed by atoms with Crippen LogP contribution in [0.5, 0.6) is 0 Å². The van der Waals surface area contributed by atoms with Crippen molar-refractivity contribution in [1.82, 2.24) is 20.4 Å². The lowest BCUT2D eigenvalue weighted by Crippen LogP contribution is -2.25. The summed E-state index contributed by atoms with van der Waals surface area (Å²) in [6.45, 7) is 0.655. The maximum atomic E-state index is 11.9. The minimum absolute atomic E-state index is 0.00636. The molecular formula is C17H17BrN4O2S2. The van der Waals surface area contributed by atoms with Gasteiger partial charge in [-0.1, -0.05) is 5.16 Å². The van der Waals surface area contributed by atoms with Crippen molar-refractivity contribution in [1.29, 1.82) is 0 Å². The fourth-order valence-corrected chi connectivity index (χ4v) is 4.60. The maximum absolute atomic E-state index is 11.9. The highest BCUT2D eigenvalue weighted by atomic mass is 79.9. The SMILES string of the molecule is O=C(CCc1nc(-c2ccncc2)no1)NCCSCc1ccc(Br)s1. The predicted octanol–water partition coefficient (Wildman–Crippen LogP) is 3.94. The molecule has 0 saturated heterocycles. The Bertz CT molecular complexity index is 838. The van der Waals surface area contributed by atoms with E-state index in [-0.39, 0.29) is 5.91 Å². The zero-order valence-corrected chi connectivity index (χ0v) is 17.1. The quantitative estimate of drug-likeness (QED) is 0.495. The molecule has 0 aliphatic carbocycles. The minimum atomic E-state index is -0.00636. The Morgan fingerprint density at radius 2 is 2.12 bits per heavy atom. The predicted molar refractivity (Wildman–Crippen MR) is 107 cm³/mol. The molecule has 9 heteroatoms. The molecule has 3 heterocycles. The molecule has 1 N–H and O–H groups in total. The Morgan fingerprint density at radius 1 is 1.27 bits per heavy atom. The van der Waals surface area contributed by atoms with Crippen molar-refractivity contribution in [2.75, 3.05) is 12.3 Å². The highest BCUT2D eigenvalue weighted by Crippen LogP contribution is 2.25. The summed E-state index contributed by atoms with van der Waals surface area (Å²) in [5.41, 5.74) is 0.842. The number of nitrogens with one attached hydrogen (secondary N) is 1. The van der Waals surface area contributed by atoms with Crippen LogP contribution in [-0.4, -0.2) is 33.3 Å². The molecule has 3 rings (SSSR count). The molecule has 0 spiro atoms. The number of aromatic nitrogens is 3. The number of carbonyl (C=O) groups excluding carboxylic acids is 1. The van der Waals surface area contributed by atoms with Gasteiger partial charge in [0.25, 0.3) is 0 Å². The average Bonchev–Trinajstić information content (AvgIpc) is 3.29. The number of carbonyl (C=O) groups is 1. The third kappa shape index (κ3) is 5.93. The van der Waals surface area contributed by atoms with Crippen molar-refractivity contribution >= 4 is 44.9 Å². The van der Waals surface area contributed by atoms with Crippen molar-refractivity contribution < 1.29 is 9.32 Å². The molecular weight excluding hydrogens is 436 g/mol. The summed E-state index contributed by atoms with van der Waals surface area (Å²) in [6.07, 6.45) is 4.11. The summed E-state index contributed by atoms with van der Waals surface area (Å²) in [5, 5.41) is 6.85. The first-order chi connectivity index (χ1) is 12.7. The van der Waals surface area contributed by atoms with Crippen LogP contribution < -0.4 is 5.32 Å². The molecule has 3 aromatic rings. The number of halogens is 1. The van der Waals surface area contributed by atoms with Crippen LogP contribution in [0.1, 0.15) is 17.2 Å². The van der Waals surface area contributed by atoms with Crippen LogP contribution in [0.25, 0.3) is 11.4 Å². The van der Waals surface area contributed by atoms with Gasteiger partial charge in [0.2, 0.25) is 17.6 Å². The number of thioether (sulfide) groups is 1. The van der Waals surface area contributed by atoms with Gasteiger partial charge < -0.3 is 9.84 Å². The Morgan fingerprint density at radius 3 is 2.88 bits per heavy atom. The van der Waals surface area contributed by atoms with Crippen LogP contribution in [0.4, 0.5) is 0 Å². The van der Waals surface area contributed by atoms with Gasteiger partial charge in [0.15, 0.2) is 0 Å². The Hall–Kier alpha value is -1.71. The van der Waals surface area contributed by atoms with Crippen LogP contribution in [0.2, 0.25) is 0 Å². The minimum Gasteiger partial charge on any atom is -0.355 e. The van der Waals surface area contributed by atoms with E-state index in [2.05, 4.69) is 48.5 Å². The van der Waals surface area contributed by atoms with Gasteiger partial charge in [0.05, 0.1) is 3.79 Å². The van der Waals surface area contributed by atoms with Crippen molar-refractivity contribution in [3.05, 3.63) is 51.2 Å². The van der Waals surface area contributed by atoms with E-state index < -0.39 is 0 Å². The molecule has 0 atom stereocenters. The van der Waals surface area contributed by atoms with Gasteiger partial charge in [-0.15, -0.1) is 11.3 Å². The van der Waals surface area contributed by atoms with Crippen LogP contribution in [0, 0.1) is 0 Å². The van der Waals surface area contributed by atoms with E-state index in [1.54, 1.807) is 35.5 Å². The lowest BCUT2D eigenvalue weighted by Gasteiger charge is -2.03. The number of amides is 1. The first kappa shape index (κ1) is 19.1. The summed E-state index contributed by atoms with van der Waals surface area (Å²) in [7, 11) is 0. The van der Waals surface area contributed by atoms with Gasteiger partial charge in [0, 0.05) is 53.7 Å². The van der Waals surface area contributed by atoms with E-state index in [0.717, 1.165) is 20.9 Å². The maximum Gasteiger partial charge on any atom is 0.227 e. The zero-order valence-electron chi connectivity index (χ0n) is 13.9. The molecule has 0 aliphatic heterocycles. The van der Waals surface area contributed by atoms with Gasteiger partial charge in [-0.3, -0.25) is 9.78 Å². The molecule has 0 aromatic carbocycles. The highest BCUT2D eigenvalue weighted by molar-refractivity contribution is 9.11. The van der Waals surface area contributed by atoms with Crippen molar-refractivity contribution in [3.63, 3.8) is 0 Å². The topological polar surface area (TPSA) is 80.9 Å². The van der Waals surface area contributed by atoms with Crippen LogP contribution >= 0.6 is 39.0 Å². The molecule has 0 unspecified atom stereocenters. The fraction of sp³-hybridized carbons (Fsp3) is 0.294. The number of nitrogens with zero attached hydrogens (tertiary/aromatic N) is 3. The number of pyridine rings is 1. The smallest absolute Gasteiger partial charge is 0.227 e. The molecule has 0 aliphatic rings. The molecule has 3 aromatic heterocycles. The second-order valence-electron chi connectivity index (χ2n) is 5.36. The first-order valence-corrected chi connectivity index (χ1v) is 10.8. The third-order valence-corrected chi connectivity index (χ3v) is 6.23. The van der Waals surface area contributed by atoms with Crippen LogP contribution in [0.3, 0.4) is 0 Å². The van der Waals surface area contributed by atoms with Crippen molar-refractivity contribution in [2.45, 2.75) is 18.6 Å². The fourth-order valence-electron chi connectivity index (χ4n) is 2.15. The molecule has 1 amide bonds. The normalized spacial score (nSPS) is 10.8. The number of aryl methyl sites for hydroxylation is 1. The number of rotatable bonds is 9. The summed E-state index contributed by atoms with van der Waals surface area (Å²) in [6, 6.07) is 7.80. The van der Waals surface area contributed by atoms with E-state index in [0.29, 0.717) is 31.1 Å². The van der Waals surface area contributed by atoms with Gasteiger partial charge in [0.1, 0.15) is 0 Å². The van der Waals surface area contributed by atoms with Crippen molar-refractivity contribution in [3.8, 4) is 11.4 Å². The lowest BCUT2D eigenvalue weighted by atomic mass is 10.2. The van der Waals surface area contributed by atoms with E-state index in [1.165, 1.54) is 4.88 Å². The Balaban J connectivity index is 1.32. The van der Waals surface area contributed by atoms with E-state index in [1.807, 2.05) is 12.1 Å². The number of thiophene rings is 1. The summed E-state index contributed by atoms with van der Waals surface area (Å²) < 4.78 is 6.34. The molecule has 26 heavy (non-hydrogen) atoms. The summed E-state index contributed by atoms with van der Waals surface area (Å²) in [4.78, 5) is 21.5. The lowest BCUT2D eigenvalue weighted by molar-refractivity contribution is -0.121. The zero-order chi connectivity index (χ0) is 18.2. The summed E-state index contributed by atoms with van der Waals surface area (Å²) >= 11 is 7.00. The number of hydrogen-bond donors (Lipinski definition) is 1. The van der Waals surface area contributed by atoms with E-state index >= 15 is 0 Å². The second-order valence-corrected chi connectivity index (χ2v) is 9.01. The van der Waals surface area contributed by atoms with Crippen LogP contribution in [-0.2, 0) is 17.0 Å². The average molecular weight is 453 g/mol. The molecule has 136 valence electrons. The molecule has 0 radical (unpaired) electrons. The largest absolute Gasteiger partial charge is 0.355 e. The van der Waals surface area contributed by atoms with Gasteiger partial charge in [-0.2, -0.15) is 16.7 Å². The van der Waals surface area contributed by atoms with Gasteiger partial charge in [-0.25, -0.2) is 0 Å². The molecule has 0 saturated carbocycles. The standard InChI is InChI=1S/C17H17BrN4O2S2/c18-14-2-1-13(26-14)11-25-10-9-20-15(23)3-4-16-21-17(22-24-16)12-5-7-19-8-6-12/h1-2,5-8H,3-4,9-11H2,(H,20,23). The molecule has 6 nitrogen and oxygen atoms in total. The Kier molecular flexibility index (Phi) is 7.22. The Labute approximate surface area is 167 Å². The van der Waals surface area contributed by atoms with E-state index in [4.69, 9.17) is 4.52 Å². The first-order valence-electron chi connectivity index (χ1n) is 8.02. The van der Waals surface area contributed by atoms with Gasteiger partial charge in [-0.05, 0) is 40.2 Å². The third-order valence-electron chi connectivity index (χ3n) is 3.41. The van der Waals surface area contributed by atoms with Gasteiger partial charge >= 0.3 is 0 Å². The monoisotopic (exact) mass is 452 g/mol. The molecule has 0 fully saturated rings. The van der Waals surface area contributed by atoms with Crippen LogP contribution in [0.15, 0.2) is 45.0 Å².